The second-order valence-corrected chi connectivity index (χ2v) is 7.27. The molecule has 4 rings (SSSR count). The SMILES string of the molecule is CNc1ccc(-c2ncc3c(ccn3C)c2-c2ccc(C#N)c(C(F)(F)F)c2)cc1C=N. The number of alkyl halides is 3. The minimum Gasteiger partial charge on any atom is -0.388 e. The van der Waals surface area contributed by atoms with Crippen molar-refractivity contribution in [1.29, 1.82) is 10.7 Å². The summed E-state index contributed by atoms with van der Waals surface area (Å²) in [6.07, 6.45) is 0.0418. The molecule has 0 amide bonds. The maximum atomic E-state index is 13.7. The number of aromatic nitrogens is 2. The highest BCUT2D eigenvalue weighted by atomic mass is 19.4. The van der Waals surface area contributed by atoms with Gasteiger partial charge < -0.3 is 15.3 Å². The average Bonchev–Trinajstić information content (AvgIpc) is 3.17. The predicted molar refractivity (Wildman–Crippen MR) is 119 cm³/mol. The van der Waals surface area contributed by atoms with Crippen molar-refractivity contribution in [3.05, 3.63) is 71.5 Å². The topological polar surface area (TPSA) is 77.5 Å². The first-order chi connectivity index (χ1) is 15.3. The Morgan fingerprint density at radius 3 is 2.53 bits per heavy atom. The first kappa shape index (κ1) is 21.1. The van der Waals surface area contributed by atoms with Gasteiger partial charge in [0.15, 0.2) is 0 Å². The molecule has 160 valence electrons. The number of nitrogens with one attached hydrogen (secondary N) is 2. The van der Waals surface area contributed by atoms with Gasteiger partial charge in [-0.1, -0.05) is 12.1 Å². The van der Waals surface area contributed by atoms with E-state index in [1.807, 2.05) is 29.9 Å². The van der Waals surface area contributed by atoms with E-state index < -0.39 is 17.3 Å². The third-order valence-electron chi connectivity index (χ3n) is 5.43. The van der Waals surface area contributed by atoms with Crippen molar-refractivity contribution in [2.45, 2.75) is 6.18 Å². The second-order valence-electron chi connectivity index (χ2n) is 7.27. The van der Waals surface area contributed by atoms with Gasteiger partial charge in [0.2, 0.25) is 0 Å². The maximum absolute atomic E-state index is 13.7. The van der Waals surface area contributed by atoms with E-state index in [0.29, 0.717) is 27.9 Å². The Hall–Kier alpha value is -4.12. The fourth-order valence-electron chi connectivity index (χ4n) is 3.83. The van der Waals surface area contributed by atoms with Crippen molar-refractivity contribution in [3.63, 3.8) is 0 Å². The van der Waals surface area contributed by atoms with Crippen LogP contribution < -0.4 is 5.32 Å². The van der Waals surface area contributed by atoms with E-state index in [0.717, 1.165) is 22.7 Å². The Labute approximate surface area is 182 Å². The second kappa shape index (κ2) is 7.85. The molecule has 0 spiro atoms. The van der Waals surface area contributed by atoms with Gasteiger partial charge in [0, 0.05) is 54.3 Å². The monoisotopic (exact) mass is 433 g/mol. The first-order valence-corrected chi connectivity index (χ1v) is 9.67. The van der Waals surface area contributed by atoms with Gasteiger partial charge in [-0.3, -0.25) is 4.98 Å². The molecule has 2 aromatic carbocycles. The van der Waals surface area contributed by atoms with Crippen molar-refractivity contribution in [2.24, 2.45) is 7.05 Å². The molecule has 2 heterocycles. The Kier molecular flexibility index (Phi) is 5.18. The molecule has 5 nitrogen and oxygen atoms in total. The van der Waals surface area contributed by atoms with Crippen LogP contribution in [0.5, 0.6) is 0 Å². The van der Waals surface area contributed by atoms with E-state index in [2.05, 4.69) is 10.3 Å². The van der Waals surface area contributed by atoms with Crippen molar-refractivity contribution in [1.82, 2.24) is 9.55 Å². The fourth-order valence-corrected chi connectivity index (χ4v) is 3.83. The molecule has 0 bridgehead atoms. The molecule has 0 atom stereocenters. The number of anilines is 1. The number of rotatable bonds is 4. The molecule has 32 heavy (non-hydrogen) atoms. The van der Waals surface area contributed by atoms with Crippen LogP contribution in [0.4, 0.5) is 18.9 Å². The van der Waals surface area contributed by atoms with Crippen LogP contribution in [-0.2, 0) is 13.2 Å². The summed E-state index contributed by atoms with van der Waals surface area (Å²) < 4.78 is 42.8. The van der Waals surface area contributed by atoms with Crippen molar-refractivity contribution < 1.29 is 13.2 Å². The Morgan fingerprint density at radius 1 is 1.12 bits per heavy atom. The van der Waals surface area contributed by atoms with Gasteiger partial charge >= 0.3 is 6.18 Å². The highest BCUT2D eigenvalue weighted by Crippen LogP contribution is 2.41. The standard InChI is InChI=1S/C24H18F3N5/c1-30-20-6-5-15(9-17(20)12-29)23-22(18-7-8-32(2)21(18)13-31-23)14-3-4-16(11-28)19(10-14)24(25,26)27/h3-10,12-13,29-30H,1-2H3. The number of benzene rings is 2. The maximum Gasteiger partial charge on any atom is 0.417 e. The van der Waals surface area contributed by atoms with E-state index in [4.69, 9.17) is 10.7 Å². The number of nitriles is 1. The van der Waals surface area contributed by atoms with Crippen LogP contribution in [0.15, 0.2) is 54.9 Å². The summed E-state index contributed by atoms with van der Waals surface area (Å²) in [5.74, 6) is 0. The summed E-state index contributed by atoms with van der Waals surface area (Å²) >= 11 is 0. The summed E-state index contributed by atoms with van der Waals surface area (Å²) in [7, 11) is 3.58. The molecule has 0 saturated heterocycles. The number of hydrogen-bond acceptors (Lipinski definition) is 4. The minimum absolute atomic E-state index is 0.310. The Bertz CT molecular complexity index is 1390. The summed E-state index contributed by atoms with van der Waals surface area (Å²) in [4.78, 5) is 4.59. The van der Waals surface area contributed by atoms with Gasteiger partial charge in [0.1, 0.15) is 0 Å². The van der Waals surface area contributed by atoms with Gasteiger partial charge in [0.05, 0.1) is 34.6 Å². The molecule has 0 aliphatic carbocycles. The molecule has 0 aliphatic heterocycles. The molecular weight excluding hydrogens is 415 g/mol. The van der Waals surface area contributed by atoms with Gasteiger partial charge in [-0.05, 0) is 35.9 Å². The number of hydrogen-bond donors (Lipinski definition) is 2. The van der Waals surface area contributed by atoms with Gasteiger partial charge in [-0.15, -0.1) is 0 Å². The minimum atomic E-state index is -4.67. The van der Waals surface area contributed by atoms with E-state index in [-0.39, 0.29) is 0 Å². The van der Waals surface area contributed by atoms with Crippen molar-refractivity contribution in [2.75, 3.05) is 12.4 Å². The number of aryl methyl sites for hydroxylation is 1. The lowest BCUT2D eigenvalue weighted by Gasteiger charge is -2.16. The summed E-state index contributed by atoms with van der Waals surface area (Å²) in [5.41, 5.74) is 2.73. The fraction of sp³-hybridized carbons (Fsp3) is 0.125. The highest BCUT2D eigenvalue weighted by Gasteiger charge is 2.34. The molecule has 0 radical (unpaired) electrons. The lowest BCUT2D eigenvalue weighted by molar-refractivity contribution is -0.137. The highest BCUT2D eigenvalue weighted by molar-refractivity contribution is 6.02. The largest absolute Gasteiger partial charge is 0.417 e. The molecule has 4 aromatic rings. The van der Waals surface area contributed by atoms with Crippen LogP contribution in [0.1, 0.15) is 16.7 Å². The van der Waals surface area contributed by atoms with Crippen molar-refractivity contribution in [3.8, 4) is 28.5 Å². The lowest BCUT2D eigenvalue weighted by atomic mass is 9.93. The van der Waals surface area contributed by atoms with Crippen LogP contribution in [-0.4, -0.2) is 22.8 Å². The molecule has 0 aliphatic rings. The third kappa shape index (κ3) is 3.48. The predicted octanol–water partition coefficient (Wildman–Crippen LogP) is 5.84. The molecule has 0 fully saturated rings. The van der Waals surface area contributed by atoms with E-state index in [9.17, 15) is 13.2 Å². The molecular formula is C24H18F3N5. The quantitative estimate of drug-likeness (QED) is 0.397. The Balaban J connectivity index is 2.06. The summed E-state index contributed by atoms with van der Waals surface area (Å²) in [5, 5.41) is 20.6. The van der Waals surface area contributed by atoms with Crippen LogP contribution >= 0.6 is 0 Å². The smallest absolute Gasteiger partial charge is 0.388 e. The summed E-state index contributed by atoms with van der Waals surface area (Å²) in [6.45, 7) is 0. The number of pyridine rings is 1. The van der Waals surface area contributed by atoms with Gasteiger partial charge in [0.25, 0.3) is 0 Å². The number of fused-ring (bicyclic) bond motifs is 1. The zero-order chi connectivity index (χ0) is 23.0. The zero-order valence-electron chi connectivity index (χ0n) is 17.2. The average molecular weight is 433 g/mol. The van der Waals surface area contributed by atoms with Crippen LogP contribution in [0.25, 0.3) is 33.3 Å². The molecule has 0 saturated carbocycles. The molecule has 0 unspecified atom stereocenters. The van der Waals surface area contributed by atoms with Crippen LogP contribution in [0, 0.1) is 16.7 Å². The van der Waals surface area contributed by atoms with Crippen LogP contribution in [0.3, 0.4) is 0 Å². The molecule has 2 N–H and O–H groups in total. The normalized spacial score (nSPS) is 11.4. The van der Waals surface area contributed by atoms with Crippen LogP contribution in [0.2, 0.25) is 0 Å². The third-order valence-corrected chi connectivity index (χ3v) is 5.43. The van der Waals surface area contributed by atoms with Gasteiger partial charge in [-0.2, -0.15) is 18.4 Å². The number of nitrogens with zero attached hydrogens (tertiary/aromatic N) is 3. The molecule has 8 heteroatoms. The Morgan fingerprint density at radius 2 is 1.88 bits per heavy atom. The summed E-state index contributed by atoms with van der Waals surface area (Å²) in [6, 6.07) is 12.6. The van der Waals surface area contributed by atoms with E-state index >= 15 is 0 Å². The van der Waals surface area contributed by atoms with E-state index in [1.165, 1.54) is 18.3 Å². The number of halogens is 3. The zero-order valence-corrected chi connectivity index (χ0v) is 17.2. The molecule has 2 aromatic heterocycles. The first-order valence-electron chi connectivity index (χ1n) is 9.67. The lowest BCUT2D eigenvalue weighted by Crippen LogP contribution is -2.08. The van der Waals surface area contributed by atoms with E-state index in [1.54, 1.807) is 31.4 Å². The van der Waals surface area contributed by atoms with Crippen molar-refractivity contribution >= 4 is 22.8 Å². The van der Waals surface area contributed by atoms with Gasteiger partial charge in [-0.25, -0.2) is 0 Å².